The molecule has 1 atom stereocenters. The van der Waals surface area contributed by atoms with Crippen LogP contribution in [0, 0.1) is 0 Å². The van der Waals surface area contributed by atoms with E-state index in [0.717, 1.165) is 22.1 Å². The molecule has 106 valence electrons. The van der Waals surface area contributed by atoms with E-state index in [-0.39, 0.29) is 11.8 Å². The highest BCUT2D eigenvalue weighted by Crippen LogP contribution is 2.29. The topological polar surface area (TPSA) is 38.3 Å². The summed E-state index contributed by atoms with van der Waals surface area (Å²) < 4.78 is 18.5. The normalized spacial score (nSPS) is 12.2. The molecule has 0 radical (unpaired) electrons. The van der Waals surface area contributed by atoms with Gasteiger partial charge in [0.25, 0.3) is 0 Å². The van der Waals surface area contributed by atoms with Gasteiger partial charge in [-0.25, -0.2) is 0 Å². The summed E-state index contributed by atoms with van der Waals surface area (Å²) in [5.74, 6) is 0.234. The van der Waals surface area contributed by atoms with Crippen LogP contribution in [-0.4, -0.2) is 26.2 Å². The Bertz CT molecular complexity index is 612. The number of carbonyl (C=O) groups is 1. The molecular weight excluding hydrogens is 257 g/mol. The van der Waals surface area contributed by atoms with Crippen LogP contribution >= 0.6 is 0 Å². The minimum absolute atomic E-state index is 0.152. The predicted molar refractivity (Wildman–Crippen MR) is 77.9 cm³/mol. The van der Waals surface area contributed by atoms with Crippen LogP contribution in [0.2, 0.25) is 0 Å². The zero-order chi connectivity index (χ0) is 14.5. The van der Waals surface area contributed by atoms with E-state index in [1.54, 1.807) is 7.11 Å². The number of benzene rings is 2. The van der Waals surface area contributed by atoms with E-state index in [2.05, 4.69) is 5.32 Å². The Hall–Kier alpha value is -2.10. The Morgan fingerprint density at radius 1 is 1.35 bits per heavy atom. The summed E-state index contributed by atoms with van der Waals surface area (Å²) in [5, 5.41) is 4.67. The number of amides is 1. The van der Waals surface area contributed by atoms with E-state index in [0.29, 0.717) is 6.54 Å². The van der Waals surface area contributed by atoms with Crippen LogP contribution < -0.4 is 10.1 Å². The van der Waals surface area contributed by atoms with Gasteiger partial charge in [-0.1, -0.05) is 24.3 Å². The van der Waals surface area contributed by atoms with Crippen LogP contribution in [0.1, 0.15) is 18.4 Å². The Balaban J connectivity index is 2.42. The Kier molecular flexibility index (Phi) is 4.56. The summed E-state index contributed by atoms with van der Waals surface area (Å²) in [6.45, 7) is 1.21. The number of rotatable bonds is 5. The van der Waals surface area contributed by atoms with Crippen LogP contribution in [0.15, 0.2) is 36.4 Å². The monoisotopic (exact) mass is 275 g/mol. The molecule has 3 nitrogen and oxygen atoms in total. The summed E-state index contributed by atoms with van der Waals surface area (Å²) >= 11 is 0. The number of hydrogen-bond donors (Lipinski definition) is 1. The van der Waals surface area contributed by atoms with Crippen LogP contribution in [0.5, 0.6) is 5.75 Å². The van der Waals surface area contributed by atoms with Gasteiger partial charge in [0.1, 0.15) is 5.75 Å². The molecule has 2 aromatic rings. The molecule has 1 unspecified atom stereocenters. The molecule has 0 spiro atoms. The fraction of sp³-hybridized carbons (Fsp3) is 0.312. The molecule has 0 saturated carbocycles. The lowest BCUT2D eigenvalue weighted by Crippen LogP contribution is -2.27. The highest BCUT2D eigenvalue weighted by molar-refractivity contribution is 5.87. The van der Waals surface area contributed by atoms with Crippen molar-refractivity contribution < 1.29 is 13.9 Å². The van der Waals surface area contributed by atoms with E-state index in [4.69, 9.17) is 4.74 Å². The lowest BCUT2D eigenvalue weighted by Gasteiger charge is -2.17. The molecule has 0 fully saturated rings. The minimum Gasteiger partial charge on any atom is -0.497 e. The van der Waals surface area contributed by atoms with Crippen molar-refractivity contribution in [3.63, 3.8) is 0 Å². The van der Waals surface area contributed by atoms with Crippen molar-refractivity contribution in [1.29, 1.82) is 0 Å². The fourth-order valence-corrected chi connectivity index (χ4v) is 2.27. The predicted octanol–water partition coefficient (Wildman–Crippen LogP) is 3.04. The van der Waals surface area contributed by atoms with Gasteiger partial charge in [0, 0.05) is 19.4 Å². The molecule has 1 N–H and O–H groups in total. The summed E-state index contributed by atoms with van der Waals surface area (Å²) in [6, 6.07) is 11.5. The summed E-state index contributed by atoms with van der Waals surface area (Å²) in [5.41, 5.74) is 0.887. The number of carbonyl (C=O) groups excluding carboxylic acids is 1. The summed E-state index contributed by atoms with van der Waals surface area (Å²) in [7, 11) is 1.60. The van der Waals surface area contributed by atoms with E-state index in [1.807, 2.05) is 36.4 Å². The van der Waals surface area contributed by atoms with Gasteiger partial charge in [-0.2, -0.15) is 0 Å². The van der Waals surface area contributed by atoms with Gasteiger partial charge < -0.3 is 10.1 Å². The first-order valence-electron chi connectivity index (χ1n) is 6.52. The van der Waals surface area contributed by atoms with E-state index >= 15 is 0 Å². The molecule has 0 aromatic heterocycles. The van der Waals surface area contributed by atoms with Gasteiger partial charge in [0.15, 0.2) is 0 Å². The highest BCUT2D eigenvalue weighted by Gasteiger charge is 2.15. The maximum atomic E-state index is 13.3. The Morgan fingerprint density at radius 3 is 2.80 bits per heavy atom. The smallest absolute Gasteiger partial charge is 0.216 e. The Labute approximate surface area is 117 Å². The first kappa shape index (κ1) is 14.3. The second-order valence-electron chi connectivity index (χ2n) is 4.72. The van der Waals surface area contributed by atoms with E-state index in [9.17, 15) is 9.18 Å². The Morgan fingerprint density at radius 2 is 2.15 bits per heavy atom. The average Bonchev–Trinajstić information content (AvgIpc) is 2.47. The molecule has 0 bridgehead atoms. The van der Waals surface area contributed by atoms with E-state index < -0.39 is 6.67 Å². The number of alkyl halides is 1. The van der Waals surface area contributed by atoms with E-state index in [1.165, 1.54) is 6.92 Å². The zero-order valence-corrected chi connectivity index (χ0v) is 11.7. The standard InChI is InChI=1S/C16H18FNO2/c1-11(19)18-10-13(9-17)15-5-3-4-12-6-7-14(20-2)8-16(12)15/h3-8,13H,9-10H2,1-2H3,(H,18,19). The molecule has 2 rings (SSSR count). The third-order valence-electron chi connectivity index (χ3n) is 3.35. The maximum Gasteiger partial charge on any atom is 0.216 e. The van der Waals surface area contributed by atoms with Crippen molar-refractivity contribution in [2.75, 3.05) is 20.3 Å². The minimum atomic E-state index is -0.517. The summed E-state index contributed by atoms with van der Waals surface area (Å²) in [6.07, 6.45) is 0. The van der Waals surface area contributed by atoms with Gasteiger partial charge >= 0.3 is 0 Å². The van der Waals surface area contributed by atoms with Crippen molar-refractivity contribution >= 4 is 16.7 Å². The van der Waals surface area contributed by atoms with Crippen molar-refractivity contribution in [2.45, 2.75) is 12.8 Å². The lowest BCUT2D eigenvalue weighted by molar-refractivity contribution is -0.119. The molecule has 4 heteroatoms. The number of fused-ring (bicyclic) bond motifs is 1. The van der Waals surface area contributed by atoms with Crippen LogP contribution in [0.25, 0.3) is 10.8 Å². The van der Waals surface area contributed by atoms with Crippen molar-refractivity contribution in [3.05, 3.63) is 42.0 Å². The van der Waals surface area contributed by atoms with Gasteiger partial charge in [-0.05, 0) is 28.5 Å². The average molecular weight is 275 g/mol. The first-order valence-corrected chi connectivity index (χ1v) is 6.52. The molecule has 0 heterocycles. The molecule has 2 aromatic carbocycles. The first-order chi connectivity index (χ1) is 9.65. The molecule has 0 aliphatic carbocycles. The molecule has 20 heavy (non-hydrogen) atoms. The van der Waals surface area contributed by atoms with Crippen molar-refractivity contribution in [1.82, 2.24) is 5.32 Å². The molecular formula is C16H18FNO2. The number of hydrogen-bond acceptors (Lipinski definition) is 2. The molecule has 1 amide bonds. The SMILES string of the molecule is COc1ccc2cccc(C(CF)CNC(C)=O)c2c1. The second-order valence-corrected chi connectivity index (χ2v) is 4.72. The van der Waals surface area contributed by atoms with Gasteiger partial charge in [0.2, 0.25) is 5.91 Å². The third-order valence-corrected chi connectivity index (χ3v) is 3.35. The summed E-state index contributed by atoms with van der Waals surface area (Å²) in [4.78, 5) is 11.0. The van der Waals surface area contributed by atoms with Crippen molar-refractivity contribution in [2.24, 2.45) is 0 Å². The van der Waals surface area contributed by atoms with Crippen LogP contribution in [0.4, 0.5) is 4.39 Å². The van der Waals surface area contributed by atoms with Gasteiger partial charge in [-0.15, -0.1) is 0 Å². The number of ether oxygens (including phenoxy) is 1. The lowest BCUT2D eigenvalue weighted by atomic mass is 9.94. The van der Waals surface area contributed by atoms with Gasteiger partial charge in [0.05, 0.1) is 13.8 Å². The molecule has 0 saturated heterocycles. The van der Waals surface area contributed by atoms with Gasteiger partial charge in [-0.3, -0.25) is 9.18 Å². The van der Waals surface area contributed by atoms with Crippen LogP contribution in [0.3, 0.4) is 0 Å². The third kappa shape index (κ3) is 3.07. The van der Waals surface area contributed by atoms with Crippen molar-refractivity contribution in [3.8, 4) is 5.75 Å². The number of nitrogens with one attached hydrogen (secondary N) is 1. The van der Waals surface area contributed by atoms with Crippen LogP contribution in [-0.2, 0) is 4.79 Å². The zero-order valence-electron chi connectivity index (χ0n) is 11.7. The second kappa shape index (κ2) is 6.37. The molecule has 0 aliphatic heterocycles. The number of methoxy groups -OCH3 is 1. The molecule has 0 aliphatic rings. The largest absolute Gasteiger partial charge is 0.497 e. The highest BCUT2D eigenvalue weighted by atomic mass is 19.1. The quantitative estimate of drug-likeness (QED) is 0.911. The number of halogens is 1. The maximum absolute atomic E-state index is 13.3. The fourth-order valence-electron chi connectivity index (χ4n) is 2.27.